The second kappa shape index (κ2) is 9.41. The first-order chi connectivity index (χ1) is 13.9. The van der Waals surface area contributed by atoms with Crippen molar-refractivity contribution < 1.29 is 23.6 Å². The van der Waals surface area contributed by atoms with Crippen molar-refractivity contribution in [3.63, 3.8) is 0 Å². The Morgan fingerprint density at radius 3 is 2.66 bits per heavy atom. The third-order valence-corrected chi connectivity index (χ3v) is 5.54. The fraction of sp³-hybridized carbons (Fsp3) is 0.545. The van der Waals surface area contributed by atoms with E-state index in [1.54, 1.807) is 13.8 Å². The number of hydrogen-bond donors (Lipinski definition) is 2. The lowest BCUT2D eigenvalue weighted by Gasteiger charge is -2.23. The van der Waals surface area contributed by atoms with Crippen molar-refractivity contribution in [3.05, 3.63) is 39.2 Å². The number of rotatable bonds is 7. The van der Waals surface area contributed by atoms with Gasteiger partial charge in [-0.05, 0) is 51.0 Å². The number of nitrogens with one attached hydrogen (secondary N) is 2. The highest BCUT2D eigenvalue weighted by molar-refractivity contribution is 5.89. The van der Waals surface area contributed by atoms with Gasteiger partial charge in [-0.2, -0.15) is 0 Å². The molecule has 0 unspecified atom stereocenters. The molecule has 0 spiro atoms. The van der Waals surface area contributed by atoms with E-state index in [-0.39, 0.29) is 11.5 Å². The normalized spacial score (nSPS) is 16.0. The molecule has 0 bridgehead atoms. The van der Waals surface area contributed by atoms with E-state index in [2.05, 4.69) is 5.32 Å². The molecule has 1 saturated heterocycles. The van der Waals surface area contributed by atoms with Gasteiger partial charge in [0.25, 0.3) is 5.91 Å². The molecule has 0 radical (unpaired) electrons. The maximum absolute atomic E-state index is 12.5. The van der Waals surface area contributed by atoms with Crippen LogP contribution in [0.2, 0.25) is 0 Å². The largest absolute Gasteiger partial charge is 0.480 e. The van der Waals surface area contributed by atoms with Gasteiger partial charge in [0, 0.05) is 18.5 Å². The molecule has 29 heavy (non-hydrogen) atoms. The number of morpholine rings is 1. The van der Waals surface area contributed by atoms with Crippen molar-refractivity contribution in [1.29, 1.82) is 0 Å². The summed E-state index contributed by atoms with van der Waals surface area (Å²) >= 11 is 0. The molecule has 7 nitrogen and oxygen atoms in total. The van der Waals surface area contributed by atoms with Crippen LogP contribution in [0.4, 0.5) is 0 Å². The van der Waals surface area contributed by atoms with Crippen molar-refractivity contribution >= 4 is 16.9 Å². The van der Waals surface area contributed by atoms with Crippen LogP contribution in [0.15, 0.2) is 21.3 Å². The highest BCUT2D eigenvalue weighted by Crippen LogP contribution is 2.31. The fourth-order valence-electron chi connectivity index (χ4n) is 3.63. The van der Waals surface area contributed by atoms with Gasteiger partial charge < -0.3 is 24.1 Å². The number of fused-ring (bicyclic) bond motifs is 1. The fourth-order valence-corrected chi connectivity index (χ4v) is 3.63. The maximum Gasteiger partial charge on any atom is 0.339 e. The van der Waals surface area contributed by atoms with Crippen molar-refractivity contribution in [2.45, 2.75) is 40.2 Å². The second-order valence-corrected chi connectivity index (χ2v) is 7.79. The Morgan fingerprint density at radius 1 is 1.21 bits per heavy atom. The third-order valence-electron chi connectivity index (χ3n) is 5.54. The molecule has 1 aliphatic heterocycles. The molecule has 7 heteroatoms. The third kappa shape index (κ3) is 5.16. The minimum atomic E-state index is -0.651. The van der Waals surface area contributed by atoms with Crippen LogP contribution in [0.5, 0.6) is 5.75 Å². The SMILES string of the molecule is Cc1cc(O[C@@H](C)C(=O)NCCC[NH+]2CCOCC2)c2c(C)c(C)c(=O)oc2c1. The Labute approximate surface area is 171 Å². The van der Waals surface area contributed by atoms with Crippen LogP contribution in [0.25, 0.3) is 11.0 Å². The van der Waals surface area contributed by atoms with Crippen molar-refractivity contribution in [2.75, 3.05) is 39.4 Å². The molecule has 0 aliphatic carbocycles. The first-order valence-electron chi connectivity index (χ1n) is 10.3. The zero-order valence-corrected chi connectivity index (χ0v) is 17.7. The maximum atomic E-state index is 12.5. The lowest BCUT2D eigenvalue weighted by molar-refractivity contribution is -0.908. The molecule has 2 N–H and O–H groups in total. The number of benzene rings is 1. The van der Waals surface area contributed by atoms with Gasteiger partial charge >= 0.3 is 5.63 Å². The molecular weight excluding hydrogens is 372 g/mol. The molecule has 1 aromatic heterocycles. The number of quaternary nitrogens is 1. The van der Waals surface area contributed by atoms with E-state index in [0.717, 1.165) is 55.8 Å². The minimum absolute atomic E-state index is 0.150. The molecular formula is C22H31N2O5+. The van der Waals surface area contributed by atoms with Crippen molar-refractivity contribution in [2.24, 2.45) is 0 Å². The Morgan fingerprint density at radius 2 is 1.93 bits per heavy atom. The van der Waals surface area contributed by atoms with Crippen LogP contribution < -0.4 is 20.6 Å². The summed E-state index contributed by atoms with van der Waals surface area (Å²) in [6.07, 6.45) is 0.271. The number of carbonyl (C=O) groups is 1. The molecule has 1 amide bonds. The predicted octanol–water partition coefficient (Wildman–Crippen LogP) is 0.907. The summed E-state index contributed by atoms with van der Waals surface area (Å²) in [4.78, 5) is 26.0. The lowest BCUT2D eigenvalue weighted by Crippen LogP contribution is -3.14. The van der Waals surface area contributed by atoms with Gasteiger partial charge in [-0.1, -0.05) is 0 Å². The number of ether oxygens (including phenoxy) is 2. The van der Waals surface area contributed by atoms with Gasteiger partial charge in [-0.25, -0.2) is 4.79 Å². The first kappa shape index (κ1) is 21.3. The van der Waals surface area contributed by atoms with Crippen LogP contribution in [0.1, 0.15) is 30.0 Å². The van der Waals surface area contributed by atoms with Crippen molar-refractivity contribution in [1.82, 2.24) is 5.32 Å². The topological polar surface area (TPSA) is 82.2 Å². The zero-order valence-electron chi connectivity index (χ0n) is 17.7. The molecule has 158 valence electrons. The van der Waals surface area contributed by atoms with Gasteiger partial charge in [-0.15, -0.1) is 0 Å². The average Bonchev–Trinajstić information content (AvgIpc) is 2.69. The highest BCUT2D eigenvalue weighted by atomic mass is 16.5. The number of hydrogen-bond acceptors (Lipinski definition) is 5. The molecule has 3 rings (SSSR count). The Hall–Kier alpha value is -2.38. The van der Waals surface area contributed by atoms with Crippen molar-refractivity contribution in [3.8, 4) is 5.75 Å². The highest BCUT2D eigenvalue weighted by Gasteiger charge is 2.19. The smallest absolute Gasteiger partial charge is 0.339 e. The van der Waals surface area contributed by atoms with E-state index in [1.165, 1.54) is 4.90 Å². The first-order valence-corrected chi connectivity index (χ1v) is 10.3. The van der Waals surface area contributed by atoms with Crippen LogP contribution in [-0.2, 0) is 9.53 Å². The quantitative estimate of drug-likeness (QED) is 0.530. The Balaban J connectivity index is 1.63. The summed E-state index contributed by atoms with van der Waals surface area (Å²) in [6.45, 7) is 12.6. The summed E-state index contributed by atoms with van der Waals surface area (Å²) in [5.74, 6) is 0.410. The van der Waals surface area contributed by atoms with Gasteiger partial charge in [-0.3, -0.25) is 4.79 Å². The van der Waals surface area contributed by atoms with Gasteiger partial charge in [0.15, 0.2) is 6.10 Å². The molecule has 1 atom stereocenters. The summed E-state index contributed by atoms with van der Waals surface area (Å²) in [6, 6.07) is 3.69. The number of aryl methyl sites for hydroxylation is 2. The van der Waals surface area contributed by atoms with Crippen LogP contribution in [0.3, 0.4) is 0 Å². The Bertz CT molecular complexity index is 931. The molecule has 0 saturated carbocycles. The van der Waals surface area contributed by atoms with E-state index < -0.39 is 6.10 Å². The van der Waals surface area contributed by atoms with Gasteiger partial charge in [0.2, 0.25) is 0 Å². The van der Waals surface area contributed by atoms with Crippen LogP contribution >= 0.6 is 0 Å². The van der Waals surface area contributed by atoms with E-state index >= 15 is 0 Å². The second-order valence-electron chi connectivity index (χ2n) is 7.79. The number of carbonyl (C=O) groups excluding carboxylic acids is 1. The van der Waals surface area contributed by atoms with E-state index in [1.807, 2.05) is 26.0 Å². The van der Waals surface area contributed by atoms with Crippen LogP contribution in [-0.4, -0.2) is 51.4 Å². The van der Waals surface area contributed by atoms with Crippen LogP contribution in [0, 0.1) is 20.8 Å². The minimum Gasteiger partial charge on any atom is -0.480 e. The van der Waals surface area contributed by atoms with E-state index in [9.17, 15) is 9.59 Å². The number of amides is 1. The Kier molecular flexibility index (Phi) is 6.92. The average molecular weight is 403 g/mol. The van der Waals surface area contributed by atoms with E-state index in [0.29, 0.717) is 23.4 Å². The molecule has 1 aromatic carbocycles. The zero-order chi connectivity index (χ0) is 21.0. The molecule has 2 aromatic rings. The van der Waals surface area contributed by atoms with E-state index in [4.69, 9.17) is 13.9 Å². The summed E-state index contributed by atoms with van der Waals surface area (Å²) in [5.41, 5.74) is 2.40. The summed E-state index contributed by atoms with van der Waals surface area (Å²) < 4.78 is 16.8. The molecule has 1 aliphatic rings. The summed E-state index contributed by atoms with van der Waals surface area (Å²) in [5, 5.41) is 3.70. The predicted molar refractivity (Wildman–Crippen MR) is 111 cm³/mol. The lowest BCUT2D eigenvalue weighted by atomic mass is 10.0. The molecule has 2 heterocycles. The monoisotopic (exact) mass is 403 g/mol. The van der Waals surface area contributed by atoms with Gasteiger partial charge in [0.1, 0.15) is 24.4 Å². The molecule has 1 fully saturated rings. The standard InChI is InChI=1S/C22H30N2O5/c1-14-12-18(20-15(2)16(3)22(26)29-19(20)13-14)28-17(4)21(25)23-6-5-7-24-8-10-27-11-9-24/h12-13,17H,5-11H2,1-4H3,(H,23,25)/p+1/t17-/m0/s1. The van der Waals surface area contributed by atoms with Gasteiger partial charge in [0.05, 0.1) is 25.1 Å². The summed E-state index contributed by atoms with van der Waals surface area (Å²) in [7, 11) is 0.